The number of nitrogens with zero attached hydrogens (tertiary/aromatic N) is 4. The van der Waals surface area contributed by atoms with Gasteiger partial charge in [0.05, 0.1) is 5.39 Å². The Morgan fingerprint density at radius 1 is 1.04 bits per heavy atom. The second-order valence-corrected chi connectivity index (χ2v) is 8.15. The van der Waals surface area contributed by atoms with Crippen molar-refractivity contribution < 1.29 is 5.11 Å². The molecule has 5 nitrogen and oxygen atoms in total. The lowest BCUT2D eigenvalue weighted by atomic mass is 10.2. The third kappa shape index (κ3) is 3.39. The number of thiophene rings is 1. The minimum atomic E-state index is 0.324. The molecule has 4 rings (SSSR count). The van der Waals surface area contributed by atoms with Gasteiger partial charge in [-0.15, -0.1) is 11.3 Å². The molecule has 136 valence electrons. The van der Waals surface area contributed by atoms with E-state index < -0.39 is 0 Å². The molecule has 1 aliphatic heterocycles. The quantitative estimate of drug-likeness (QED) is 0.763. The Morgan fingerprint density at radius 3 is 2.65 bits per heavy atom. The first-order chi connectivity index (χ1) is 12.6. The summed E-state index contributed by atoms with van der Waals surface area (Å²) in [6.45, 7) is 9.33. The van der Waals surface area contributed by atoms with Gasteiger partial charge in [-0.3, -0.25) is 4.90 Å². The van der Waals surface area contributed by atoms with Crippen molar-refractivity contribution in [1.82, 2.24) is 14.9 Å². The Labute approximate surface area is 157 Å². The maximum Gasteiger partial charge on any atom is 0.141 e. The number of benzene rings is 1. The van der Waals surface area contributed by atoms with Crippen LogP contribution in [0.5, 0.6) is 5.75 Å². The van der Waals surface area contributed by atoms with E-state index in [4.69, 9.17) is 0 Å². The summed E-state index contributed by atoms with van der Waals surface area (Å²) in [6, 6.07) is 7.53. The van der Waals surface area contributed by atoms with E-state index in [-0.39, 0.29) is 0 Å². The Bertz CT molecular complexity index is 906. The van der Waals surface area contributed by atoms with E-state index in [1.807, 2.05) is 12.1 Å². The van der Waals surface area contributed by atoms with Crippen LogP contribution in [0.3, 0.4) is 0 Å². The topological polar surface area (TPSA) is 52.5 Å². The van der Waals surface area contributed by atoms with E-state index in [2.05, 4.69) is 33.6 Å². The highest BCUT2D eigenvalue weighted by molar-refractivity contribution is 7.18. The monoisotopic (exact) mass is 368 g/mol. The number of fused-ring (bicyclic) bond motifs is 1. The molecule has 6 heteroatoms. The molecule has 0 aliphatic carbocycles. The summed E-state index contributed by atoms with van der Waals surface area (Å²) in [4.78, 5) is 16.4. The van der Waals surface area contributed by atoms with Crippen LogP contribution in [0.4, 0.5) is 5.82 Å². The lowest BCUT2D eigenvalue weighted by molar-refractivity contribution is 0.285. The molecule has 0 saturated carbocycles. The number of phenols is 1. The molecular weight excluding hydrogens is 344 g/mol. The van der Waals surface area contributed by atoms with Gasteiger partial charge in [0.15, 0.2) is 0 Å². The van der Waals surface area contributed by atoms with Gasteiger partial charge >= 0.3 is 0 Å². The van der Waals surface area contributed by atoms with Crippen LogP contribution in [0.15, 0.2) is 30.6 Å². The van der Waals surface area contributed by atoms with Crippen LogP contribution in [0.2, 0.25) is 0 Å². The highest BCUT2D eigenvalue weighted by atomic mass is 32.1. The third-order valence-electron chi connectivity index (χ3n) is 5.18. The molecule has 1 saturated heterocycles. The smallest absolute Gasteiger partial charge is 0.141 e. The van der Waals surface area contributed by atoms with Crippen LogP contribution in [0.1, 0.15) is 22.4 Å². The number of aromatic hydroxyl groups is 1. The Morgan fingerprint density at radius 2 is 1.85 bits per heavy atom. The van der Waals surface area contributed by atoms with E-state index in [9.17, 15) is 5.11 Å². The maximum absolute atomic E-state index is 9.45. The van der Waals surface area contributed by atoms with Crippen molar-refractivity contribution in [3.63, 3.8) is 0 Å². The highest BCUT2D eigenvalue weighted by Gasteiger charge is 2.20. The summed E-state index contributed by atoms with van der Waals surface area (Å²) >= 11 is 1.76. The molecule has 1 fully saturated rings. The van der Waals surface area contributed by atoms with Crippen molar-refractivity contribution in [3.8, 4) is 5.75 Å². The first-order valence-corrected chi connectivity index (χ1v) is 9.89. The number of phenolic OH excluding ortho intramolecular Hbond substituents is 1. The summed E-state index contributed by atoms with van der Waals surface area (Å²) in [5.41, 5.74) is 2.55. The molecule has 1 aliphatic rings. The van der Waals surface area contributed by atoms with Crippen molar-refractivity contribution in [2.75, 3.05) is 31.1 Å². The number of anilines is 1. The highest BCUT2D eigenvalue weighted by Crippen LogP contribution is 2.34. The van der Waals surface area contributed by atoms with Gasteiger partial charge in [0.1, 0.15) is 22.7 Å². The van der Waals surface area contributed by atoms with Crippen LogP contribution >= 0.6 is 11.3 Å². The van der Waals surface area contributed by atoms with Crippen molar-refractivity contribution in [2.45, 2.75) is 26.8 Å². The zero-order valence-electron chi connectivity index (χ0n) is 15.3. The fourth-order valence-corrected chi connectivity index (χ4v) is 4.60. The van der Waals surface area contributed by atoms with E-state index in [0.29, 0.717) is 5.75 Å². The van der Waals surface area contributed by atoms with Crippen molar-refractivity contribution in [1.29, 1.82) is 0 Å². The fraction of sp³-hybridized carbons (Fsp3) is 0.400. The summed E-state index contributed by atoms with van der Waals surface area (Å²) in [5, 5.41) is 10.7. The van der Waals surface area contributed by atoms with Crippen LogP contribution in [0, 0.1) is 13.8 Å². The molecule has 0 bridgehead atoms. The molecule has 0 atom stereocenters. The van der Waals surface area contributed by atoms with Gasteiger partial charge in [0.25, 0.3) is 0 Å². The second-order valence-electron chi connectivity index (χ2n) is 6.94. The largest absolute Gasteiger partial charge is 0.508 e. The van der Waals surface area contributed by atoms with Gasteiger partial charge < -0.3 is 10.0 Å². The first kappa shape index (κ1) is 17.2. The predicted molar refractivity (Wildman–Crippen MR) is 107 cm³/mol. The van der Waals surface area contributed by atoms with Crippen LogP contribution in [-0.4, -0.2) is 46.2 Å². The number of rotatable bonds is 3. The van der Waals surface area contributed by atoms with Crippen molar-refractivity contribution in [3.05, 3.63) is 46.6 Å². The standard InChI is InChI=1S/C20H24N4OS/c1-14-15(2)26-20-18(14)19(21-13-22-20)24-9-3-8-23(10-11-24)12-16-4-6-17(25)7-5-16/h4-7,13,25H,3,8-12H2,1-2H3. The molecule has 3 heterocycles. The SMILES string of the molecule is Cc1sc2ncnc(N3CCCN(Cc4ccc(O)cc4)CC3)c2c1C. The summed E-state index contributed by atoms with van der Waals surface area (Å²) in [7, 11) is 0. The summed E-state index contributed by atoms with van der Waals surface area (Å²) in [5.74, 6) is 1.41. The van der Waals surface area contributed by atoms with Gasteiger partial charge in [-0.05, 0) is 43.5 Å². The van der Waals surface area contributed by atoms with Gasteiger partial charge in [-0.25, -0.2) is 9.97 Å². The third-order valence-corrected chi connectivity index (χ3v) is 6.29. The van der Waals surface area contributed by atoms with Crippen molar-refractivity contribution in [2.24, 2.45) is 0 Å². The minimum Gasteiger partial charge on any atom is -0.508 e. The molecule has 0 amide bonds. The molecular formula is C20H24N4OS. The lowest BCUT2D eigenvalue weighted by Gasteiger charge is -2.23. The Hall–Kier alpha value is -2.18. The normalized spacial score (nSPS) is 16.2. The van der Waals surface area contributed by atoms with E-state index in [0.717, 1.165) is 49.8 Å². The van der Waals surface area contributed by atoms with Gasteiger partial charge in [0, 0.05) is 37.6 Å². The number of aromatic nitrogens is 2. The summed E-state index contributed by atoms with van der Waals surface area (Å²) in [6.07, 6.45) is 2.82. The average Bonchev–Trinajstić information content (AvgIpc) is 2.81. The molecule has 0 unspecified atom stereocenters. The van der Waals surface area contributed by atoms with Gasteiger partial charge in [0.2, 0.25) is 0 Å². The molecule has 3 aromatic rings. The first-order valence-electron chi connectivity index (χ1n) is 9.08. The lowest BCUT2D eigenvalue weighted by Crippen LogP contribution is -2.31. The minimum absolute atomic E-state index is 0.324. The van der Waals surface area contributed by atoms with E-state index in [1.54, 1.807) is 29.8 Å². The van der Waals surface area contributed by atoms with Crippen LogP contribution in [-0.2, 0) is 6.54 Å². The molecule has 0 radical (unpaired) electrons. The number of hydrogen-bond acceptors (Lipinski definition) is 6. The molecule has 2 aromatic heterocycles. The zero-order chi connectivity index (χ0) is 18.1. The van der Waals surface area contributed by atoms with E-state index in [1.165, 1.54) is 21.4 Å². The fourth-order valence-electron chi connectivity index (χ4n) is 3.60. The van der Waals surface area contributed by atoms with E-state index >= 15 is 0 Å². The average molecular weight is 369 g/mol. The molecule has 1 aromatic carbocycles. The maximum atomic E-state index is 9.45. The Balaban J connectivity index is 1.51. The number of aryl methyl sites for hydroxylation is 2. The van der Waals surface area contributed by atoms with Gasteiger partial charge in [-0.2, -0.15) is 0 Å². The summed E-state index contributed by atoms with van der Waals surface area (Å²) < 4.78 is 0. The molecule has 26 heavy (non-hydrogen) atoms. The number of hydrogen-bond donors (Lipinski definition) is 1. The van der Waals surface area contributed by atoms with Crippen molar-refractivity contribution >= 4 is 27.4 Å². The van der Waals surface area contributed by atoms with Gasteiger partial charge in [-0.1, -0.05) is 12.1 Å². The predicted octanol–water partition coefficient (Wildman–Crippen LogP) is 3.73. The Kier molecular flexibility index (Phi) is 4.78. The zero-order valence-corrected chi connectivity index (χ0v) is 16.1. The molecule has 1 N–H and O–H groups in total. The molecule has 0 spiro atoms. The van der Waals surface area contributed by atoms with Crippen LogP contribution < -0.4 is 4.90 Å². The second kappa shape index (κ2) is 7.21. The van der Waals surface area contributed by atoms with Crippen LogP contribution in [0.25, 0.3) is 10.2 Å².